The summed E-state index contributed by atoms with van der Waals surface area (Å²) in [4.78, 5) is 16.3. The highest BCUT2D eigenvalue weighted by atomic mass is 16.5. The number of methoxy groups -OCH3 is 1. The lowest BCUT2D eigenvalue weighted by Gasteiger charge is -2.14. The number of rotatable bonds is 8. The summed E-state index contributed by atoms with van der Waals surface area (Å²) >= 11 is 0. The number of anilines is 1. The first kappa shape index (κ1) is 20.7. The SMILES string of the molecule is CCC(C)n1nccc1NC(=O)CCc1c(-c2ccc(OC)cc2)[nH]c2ccccc12. The van der Waals surface area contributed by atoms with E-state index in [0.29, 0.717) is 12.8 Å². The molecule has 160 valence electrons. The Bertz CT molecular complexity index is 1170. The van der Waals surface area contributed by atoms with Crippen molar-refractivity contribution >= 4 is 22.6 Å². The summed E-state index contributed by atoms with van der Waals surface area (Å²) in [7, 11) is 1.66. The van der Waals surface area contributed by atoms with E-state index >= 15 is 0 Å². The molecule has 0 spiro atoms. The van der Waals surface area contributed by atoms with E-state index in [1.54, 1.807) is 13.3 Å². The van der Waals surface area contributed by atoms with Crippen LogP contribution in [0.4, 0.5) is 5.82 Å². The summed E-state index contributed by atoms with van der Waals surface area (Å²) in [5, 5.41) is 8.52. The molecule has 4 rings (SSSR count). The van der Waals surface area contributed by atoms with Crippen molar-refractivity contribution < 1.29 is 9.53 Å². The highest BCUT2D eigenvalue weighted by molar-refractivity contribution is 5.93. The molecule has 0 saturated carbocycles. The highest BCUT2D eigenvalue weighted by Crippen LogP contribution is 2.32. The third-order valence-electron chi connectivity index (χ3n) is 5.74. The van der Waals surface area contributed by atoms with E-state index in [2.05, 4.69) is 41.4 Å². The van der Waals surface area contributed by atoms with Gasteiger partial charge in [0, 0.05) is 29.1 Å². The van der Waals surface area contributed by atoms with Crippen molar-refractivity contribution in [2.24, 2.45) is 0 Å². The van der Waals surface area contributed by atoms with Crippen LogP contribution in [0.2, 0.25) is 0 Å². The number of carbonyl (C=O) groups is 1. The number of aryl methyl sites for hydroxylation is 1. The summed E-state index contributed by atoms with van der Waals surface area (Å²) in [6, 6.07) is 18.3. The Morgan fingerprint density at radius 3 is 2.68 bits per heavy atom. The molecule has 2 heterocycles. The molecule has 0 bridgehead atoms. The fraction of sp³-hybridized carbons (Fsp3) is 0.280. The smallest absolute Gasteiger partial charge is 0.225 e. The second-order valence-electron chi connectivity index (χ2n) is 7.72. The molecule has 0 aliphatic rings. The second-order valence-corrected chi connectivity index (χ2v) is 7.72. The van der Waals surface area contributed by atoms with Crippen LogP contribution in [0, 0.1) is 0 Å². The van der Waals surface area contributed by atoms with Crippen LogP contribution in [0.5, 0.6) is 5.75 Å². The van der Waals surface area contributed by atoms with E-state index < -0.39 is 0 Å². The molecule has 2 N–H and O–H groups in total. The van der Waals surface area contributed by atoms with Gasteiger partial charge in [-0.15, -0.1) is 0 Å². The molecule has 0 aliphatic carbocycles. The molecule has 1 atom stereocenters. The molecule has 0 saturated heterocycles. The van der Waals surface area contributed by atoms with Gasteiger partial charge in [-0.1, -0.05) is 25.1 Å². The number of aromatic nitrogens is 3. The van der Waals surface area contributed by atoms with Gasteiger partial charge in [0.1, 0.15) is 11.6 Å². The average molecular weight is 417 g/mol. The maximum Gasteiger partial charge on any atom is 0.225 e. The quantitative estimate of drug-likeness (QED) is 0.394. The number of ether oxygens (including phenoxy) is 1. The molecule has 31 heavy (non-hydrogen) atoms. The molecular weight excluding hydrogens is 388 g/mol. The second kappa shape index (κ2) is 9.08. The fourth-order valence-corrected chi connectivity index (χ4v) is 3.85. The zero-order chi connectivity index (χ0) is 21.8. The van der Waals surface area contributed by atoms with Gasteiger partial charge in [0.05, 0.1) is 19.3 Å². The van der Waals surface area contributed by atoms with Crippen molar-refractivity contribution in [1.29, 1.82) is 0 Å². The number of H-pyrrole nitrogens is 1. The summed E-state index contributed by atoms with van der Waals surface area (Å²) in [6.45, 7) is 4.20. The number of nitrogens with one attached hydrogen (secondary N) is 2. The molecule has 6 heteroatoms. The molecule has 0 fully saturated rings. The number of benzene rings is 2. The number of hydrogen-bond acceptors (Lipinski definition) is 3. The standard InChI is InChI=1S/C25H28N4O2/c1-4-17(2)29-23(15-16-26-29)28-24(30)14-13-21-20-7-5-6-8-22(20)27-25(21)18-9-11-19(31-3)12-10-18/h5-12,15-17,27H,4,13-14H2,1-3H3,(H,28,30). The van der Waals surface area contributed by atoms with E-state index in [-0.39, 0.29) is 11.9 Å². The molecule has 2 aromatic carbocycles. The van der Waals surface area contributed by atoms with Crippen LogP contribution < -0.4 is 10.1 Å². The van der Waals surface area contributed by atoms with Crippen molar-refractivity contribution in [3.8, 4) is 17.0 Å². The van der Waals surface area contributed by atoms with Crippen molar-refractivity contribution in [3.63, 3.8) is 0 Å². The zero-order valence-corrected chi connectivity index (χ0v) is 18.2. The third-order valence-corrected chi connectivity index (χ3v) is 5.74. The lowest BCUT2D eigenvalue weighted by Crippen LogP contribution is -2.17. The first-order valence-electron chi connectivity index (χ1n) is 10.7. The van der Waals surface area contributed by atoms with Gasteiger partial charge in [-0.25, -0.2) is 4.68 Å². The van der Waals surface area contributed by atoms with E-state index in [0.717, 1.165) is 45.7 Å². The minimum Gasteiger partial charge on any atom is -0.497 e. The van der Waals surface area contributed by atoms with E-state index in [1.165, 1.54) is 0 Å². The van der Waals surface area contributed by atoms with Crippen LogP contribution in [0.1, 0.15) is 38.3 Å². The Morgan fingerprint density at radius 2 is 1.94 bits per heavy atom. The third kappa shape index (κ3) is 4.33. The van der Waals surface area contributed by atoms with Crippen LogP contribution in [0.25, 0.3) is 22.2 Å². The van der Waals surface area contributed by atoms with Crippen molar-refractivity contribution in [1.82, 2.24) is 14.8 Å². The summed E-state index contributed by atoms with van der Waals surface area (Å²) < 4.78 is 7.15. The van der Waals surface area contributed by atoms with E-state index in [9.17, 15) is 4.79 Å². The predicted octanol–water partition coefficient (Wildman–Crippen LogP) is 5.58. The summed E-state index contributed by atoms with van der Waals surface area (Å²) in [5.41, 5.74) is 4.33. The summed E-state index contributed by atoms with van der Waals surface area (Å²) in [5.74, 6) is 1.54. The van der Waals surface area contributed by atoms with E-state index in [4.69, 9.17) is 4.74 Å². The van der Waals surface area contributed by atoms with Crippen LogP contribution >= 0.6 is 0 Å². The maximum atomic E-state index is 12.8. The van der Waals surface area contributed by atoms with Crippen LogP contribution in [-0.2, 0) is 11.2 Å². The van der Waals surface area contributed by atoms with Gasteiger partial charge in [-0.2, -0.15) is 5.10 Å². The number of fused-ring (bicyclic) bond motifs is 1. The number of carbonyl (C=O) groups excluding carboxylic acids is 1. The normalized spacial score (nSPS) is 12.1. The summed E-state index contributed by atoms with van der Waals surface area (Å²) in [6.07, 6.45) is 3.69. The van der Waals surface area contributed by atoms with Gasteiger partial charge in [0.25, 0.3) is 0 Å². The monoisotopic (exact) mass is 416 g/mol. The first-order valence-corrected chi connectivity index (χ1v) is 10.7. The van der Waals surface area contributed by atoms with Gasteiger partial charge in [-0.05, 0) is 61.2 Å². The topological polar surface area (TPSA) is 71.9 Å². The highest BCUT2D eigenvalue weighted by Gasteiger charge is 2.16. The molecule has 4 aromatic rings. The van der Waals surface area contributed by atoms with Crippen LogP contribution in [-0.4, -0.2) is 27.8 Å². The Balaban J connectivity index is 1.56. The van der Waals surface area contributed by atoms with Gasteiger partial charge >= 0.3 is 0 Å². The lowest BCUT2D eigenvalue weighted by atomic mass is 10.0. The van der Waals surface area contributed by atoms with Crippen molar-refractivity contribution in [3.05, 3.63) is 66.4 Å². The molecule has 6 nitrogen and oxygen atoms in total. The zero-order valence-electron chi connectivity index (χ0n) is 18.2. The Kier molecular flexibility index (Phi) is 6.07. The Hall–Kier alpha value is -3.54. The van der Waals surface area contributed by atoms with Gasteiger partial charge in [0.15, 0.2) is 0 Å². The van der Waals surface area contributed by atoms with Crippen molar-refractivity contribution in [2.45, 2.75) is 39.2 Å². The average Bonchev–Trinajstić information content (AvgIpc) is 3.41. The van der Waals surface area contributed by atoms with Gasteiger partial charge in [-0.3, -0.25) is 4.79 Å². The number of aromatic amines is 1. The van der Waals surface area contributed by atoms with Crippen LogP contribution in [0.15, 0.2) is 60.8 Å². The predicted molar refractivity (Wildman–Crippen MR) is 124 cm³/mol. The van der Waals surface area contributed by atoms with Gasteiger partial charge < -0.3 is 15.0 Å². The Morgan fingerprint density at radius 1 is 1.16 bits per heavy atom. The molecule has 1 unspecified atom stereocenters. The van der Waals surface area contributed by atoms with Crippen molar-refractivity contribution in [2.75, 3.05) is 12.4 Å². The molecule has 1 amide bonds. The number of para-hydroxylation sites is 1. The molecule has 2 aromatic heterocycles. The lowest BCUT2D eigenvalue weighted by molar-refractivity contribution is -0.116. The first-order chi connectivity index (χ1) is 15.1. The minimum absolute atomic E-state index is 0.0176. The fourth-order valence-electron chi connectivity index (χ4n) is 3.85. The number of nitrogens with zero attached hydrogens (tertiary/aromatic N) is 2. The molecule has 0 radical (unpaired) electrons. The number of hydrogen-bond donors (Lipinski definition) is 2. The Labute approximate surface area is 182 Å². The number of amides is 1. The molecule has 0 aliphatic heterocycles. The molecular formula is C25H28N4O2. The van der Waals surface area contributed by atoms with Gasteiger partial charge in [0.2, 0.25) is 5.91 Å². The van der Waals surface area contributed by atoms with E-state index in [1.807, 2.05) is 47.1 Å². The van der Waals surface area contributed by atoms with Crippen LogP contribution in [0.3, 0.4) is 0 Å². The minimum atomic E-state index is -0.0176. The maximum absolute atomic E-state index is 12.8. The largest absolute Gasteiger partial charge is 0.497 e.